The highest BCUT2D eigenvalue weighted by molar-refractivity contribution is 9.10. The number of ether oxygens (including phenoxy) is 3. The Kier molecular flexibility index (Phi) is 6.66. The molecule has 0 aromatic heterocycles. The molecular weight excluding hydrogens is 430 g/mol. The molecule has 1 saturated heterocycles. The van der Waals surface area contributed by atoms with Crippen molar-refractivity contribution in [2.45, 2.75) is 45.6 Å². The summed E-state index contributed by atoms with van der Waals surface area (Å²) >= 11 is 3.63. The number of fused-ring (bicyclic) bond motifs is 1. The van der Waals surface area contributed by atoms with Crippen LogP contribution >= 0.6 is 15.9 Å². The number of hydrogen-bond donors (Lipinski definition) is 0. The molecule has 4 rings (SSSR count). The summed E-state index contributed by atoms with van der Waals surface area (Å²) in [6.45, 7) is 7.95. The first kappa shape index (κ1) is 20.5. The molecule has 4 nitrogen and oxygen atoms in total. The number of rotatable bonds is 7. The molecular formula is C24H30BrNO3. The van der Waals surface area contributed by atoms with E-state index in [-0.39, 0.29) is 6.10 Å². The van der Waals surface area contributed by atoms with Gasteiger partial charge in [-0.05, 0) is 100.0 Å². The summed E-state index contributed by atoms with van der Waals surface area (Å²) in [5, 5.41) is 0. The molecule has 2 aliphatic rings. The van der Waals surface area contributed by atoms with E-state index in [2.05, 4.69) is 65.0 Å². The Balaban J connectivity index is 1.25. The molecule has 0 aliphatic carbocycles. The molecule has 2 aromatic rings. The molecule has 0 N–H and O–H groups in total. The van der Waals surface area contributed by atoms with Crippen molar-refractivity contribution in [3.63, 3.8) is 0 Å². The second-order valence-corrected chi connectivity index (χ2v) is 9.30. The number of likely N-dealkylation sites (tertiary alicyclic amines) is 1. The Labute approximate surface area is 182 Å². The fourth-order valence-electron chi connectivity index (χ4n) is 4.21. The first-order valence-corrected chi connectivity index (χ1v) is 11.4. The van der Waals surface area contributed by atoms with Crippen LogP contribution < -0.4 is 14.2 Å². The Hall–Kier alpha value is -1.72. The lowest BCUT2D eigenvalue weighted by atomic mass is 9.90. The summed E-state index contributed by atoms with van der Waals surface area (Å²) in [5.41, 5.74) is 2.69. The van der Waals surface area contributed by atoms with Crippen molar-refractivity contribution in [3.8, 4) is 17.2 Å². The van der Waals surface area contributed by atoms with Crippen LogP contribution in [0.15, 0.2) is 40.9 Å². The third kappa shape index (κ3) is 5.67. The highest BCUT2D eigenvalue weighted by atomic mass is 79.9. The lowest BCUT2D eigenvalue weighted by Crippen LogP contribution is -2.35. The molecule has 0 radical (unpaired) electrons. The summed E-state index contributed by atoms with van der Waals surface area (Å²) < 4.78 is 17.9. The molecule has 156 valence electrons. The van der Waals surface area contributed by atoms with Crippen LogP contribution in [0.25, 0.3) is 0 Å². The van der Waals surface area contributed by atoms with E-state index >= 15 is 0 Å². The molecule has 0 unspecified atom stereocenters. The maximum atomic E-state index is 5.89. The fraction of sp³-hybridized carbons (Fsp3) is 0.500. The Morgan fingerprint density at radius 2 is 1.83 bits per heavy atom. The van der Waals surface area contributed by atoms with Gasteiger partial charge in [-0.25, -0.2) is 0 Å². The van der Waals surface area contributed by atoms with Crippen molar-refractivity contribution in [3.05, 3.63) is 52.0 Å². The van der Waals surface area contributed by atoms with Crippen LogP contribution in [0.1, 0.15) is 37.8 Å². The van der Waals surface area contributed by atoms with Gasteiger partial charge in [0.15, 0.2) is 11.5 Å². The third-order valence-electron chi connectivity index (χ3n) is 5.69. The maximum absolute atomic E-state index is 5.89. The van der Waals surface area contributed by atoms with E-state index < -0.39 is 0 Å². The normalized spacial score (nSPS) is 17.1. The highest BCUT2D eigenvalue weighted by Crippen LogP contribution is 2.33. The van der Waals surface area contributed by atoms with Crippen molar-refractivity contribution >= 4 is 15.9 Å². The van der Waals surface area contributed by atoms with Gasteiger partial charge in [0, 0.05) is 11.0 Å². The second kappa shape index (κ2) is 9.40. The zero-order valence-electron chi connectivity index (χ0n) is 17.3. The molecule has 2 aromatic carbocycles. The van der Waals surface area contributed by atoms with Gasteiger partial charge in [-0.2, -0.15) is 0 Å². The minimum absolute atomic E-state index is 0.199. The standard InChI is InChI=1S/C24H30BrNO3/c1-17(2)29-22-13-20(12-21(25)15-22)11-19-6-9-26(10-7-19)8-5-18-3-4-23-24(14-18)28-16-27-23/h3-4,12-15,17,19H,5-11,16H2,1-2H3. The first-order chi connectivity index (χ1) is 14.0. The fourth-order valence-corrected chi connectivity index (χ4v) is 4.73. The van der Waals surface area contributed by atoms with Gasteiger partial charge in [0.25, 0.3) is 0 Å². The Morgan fingerprint density at radius 1 is 1.03 bits per heavy atom. The van der Waals surface area contributed by atoms with E-state index in [9.17, 15) is 0 Å². The van der Waals surface area contributed by atoms with Gasteiger partial charge in [-0.3, -0.25) is 0 Å². The lowest BCUT2D eigenvalue weighted by Gasteiger charge is -2.32. The number of nitrogens with zero attached hydrogens (tertiary/aromatic N) is 1. The summed E-state index contributed by atoms with van der Waals surface area (Å²) in [5.74, 6) is 3.46. The third-order valence-corrected chi connectivity index (χ3v) is 6.15. The molecule has 0 spiro atoms. The SMILES string of the molecule is CC(C)Oc1cc(Br)cc(CC2CCN(CCc3ccc4c(c3)OCO4)CC2)c1. The van der Waals surface area contributed by atoms with E-state index in [4.69, 9.17) is 14.2 Å². The van der Waals surface area contributed by atoms with Crippen LogP contribution in [-0.4, -0.2) is 37.4 Å². The van der Waals surface area contributed by atoms with Gasteiger partial charge in [0.1, 0.15) is 5.75 Å². The monoisotopic (exact) mass is 459 g/mol. The van der Waals surface area contributed by atoms with E-state index in [0.717, 1.165) is 47.0 Å². The van der Waals surface area contributed by atoms with Gasteiger partial charge < -0.3 is 19.1 Å². The quantitative estimate of drug-likeness (QED) is 0.549. The number of benzene rings is 2. The minimum Gasteiger partial charge on any atom is -0.491 e. The summed E-state index contributed by atoms with van der Waals surface area (Å²) in [4.78, 5) is 2.59. The molecule has 0 atom stereocenters. The molecule has 5 heteroatoms. The number of piperidine rings is 1. The van der Waals surface area contributed by atoms with Crippen LogP contribution in [0.4, 0.5) is 0 Å². The first-order valence-electron chi connectivity index (χ1n) is 10.6. The van der Waals surface area contributed by atoms with E-state index in [0.29, 0.717) is 6.79 Å². The predicted molar refractivity (Wildman–Crippen MR) is 119 cm³/mol. The highest BCUT2D eigenvalue weighted by Gasteiger charge is 2.20. The Morgan fingerprint density at radius 3 is 2.62 bits per heavy atom. The van der Waals surface area contributed by atoms with Crippen molar-refractivity contribution in [2.75, 3.05) is 26.4 Å². The summed E-state index contributed by atoms with van der Waals surface area (Å²) in [6.07, 6.45) is 4.90. The minimum atomic E-state index is 0.199. The number of hydrogen-bond acceptors (Lipinski definition) is 4. The molecule has 0 bridgehead atoms. The van der Waals surface area contributed by atoms with Crippen LogP contribution in [0, 0.1) is 5.92 Å². The zero-order chi connectivity index (χ0) is 20.2. The van der Waals surface area contributed by atoms with Crippen molar-refractivity contribution in [2.24, 2.45) is 5.92 Å². The molecule has 29 heavy (non-hydrogen) atoms. The van der Waals surface area contributed by atoms with Gasteiger partial charge in [0.05, 0.1) is 6.10 Å². The van der Waals surface area contributed by atoms with Crippen molar-refractivity contribution < 1.29 is 14.2 Å². The van der Waals surface area contributed by atoms with Crippen LogP contribution in [-0.2, 0) is 12.8 Å². The molecule has 2 heterocycles. The van der Waals surface area contributed by atoms with Gasteiger partial charge >= 0.3 is 0 Å². The average Bonchev–Trinajstić information content (AvgIpc) is 3.14. The molecule has 0 amide bonds. The smallest absolute Gasteiger partial charge is 0.231 e. The van der Waals surface area contributed by atoms with Crippen LogP contribution in [0.3, 0.4) is 0 Å². The summed E-state index contributed by atoms with van der Waals surface area (Å²) in [7, 11) is 0. The van der Waals surface area contributed by atoms with Crippen molar-refractivity contribution in [1.29, 1.82) is 0 Å². The molecule has 1 fully saturated rings. The van der Waals surface area contributed by atoms with Gasteiger partial charge in [0.2, 0.25) is 6.79 Å². The second-order valence-electron chi connectivity index (χ2n) is 8.39. The predicted octanol–water partition coefficient (Wildman–Crippen LogP) is 5.46. The van der Waals surface area contributed by atoms with Gasteiger partial charge in [-0.15, -0.1) is 0 Å². The van der Waals surface area contributed by atoms with E-state index in [1.165, 1.54) is 37.1 Å². The average molecular weight is 460 g/mol. The number of halogens is 1. The topological polar surface area (TPSA) is 30.9 Å². The largest absolute Gasteiger partial charge is 0.491 e. The van der Waals surface area contributed by atoms with Crippen molar-refractivity contribution in [1.82, 2.24) is 4.90 Å². The molecule has 2 aliphatic heterocycles. The zero-order valence-corrected chi connectivity index (χ0v) is 18.9. The lowest BCUT2D eigenvalue weighted by molar-refractivity contribution is 0.174. The van der Waals surface area contributed by atoms with E-state index in [1.54, 1.807) is 0 Å². The van der Waals surface area contributed by atoms with Crippen LogP contribution in [0.5, 0.6) is 17.2 Å². The summed E-state index contributed by atoms with van der Waals surface area (Å²) in [6, 6.07) is 12.8. The van der Waals surface area contributed by atoms with Gasteiger partial charge in [-0.1, -0.05) is 22.0 Å². The van der Waals surface area contributed by atoms with E-state index in [1.807, 2.05) is 6.07 Å². The van der Waals surface area contributed by atoms with Crippen LogP contribution in [0.2, 0.25) is 0 Å². The molecule has 0 saturated carbocycles. The Bertz CT molecular complexity index is 831. The maximum Gasteiger partial charge on any atom is 0.231 e.